The Morgan fingerprint density at radius 2 is 2.23 bits per heavy atom. The molecule has 0 aliphatic carbocycles. The third-order valence-electron chi connectivity index (χ3n) is 1.86. The third-order valence-corrected chi connectivity index (χ3v) is 4.14. The van der Waals surface area contributed by atoms with E-state index in [4.69, 9.17) is 5.73 Å². The highest BCUT2D eigenvalue weighted by atomic mass is 79.9. The van der Waals surface area contributed by atoms with Crippen molar-refractivity contribution in [2.45, 2.75) is 30.4 Å². The third kappa shape index (κ3) is 3.24. The maximum absolute atomic E-state index is 5.71. The summed E-state index contributed by atoms with van der Waals surface area (Å²) < 4.78 is 1.13. The molecule has 1 aromatic carbocycles. The van der Waals surface area contributed by atoms with Crippen molar-refractivity contribution < 1.29 is 0 Å². The lowest BCUT2D eigenvalue weighted by atomic mass is 10.3. The molecule has 0 aliphatic rings. The van der Waals surface area contributed by atoms with E-state index in [1.165, 1.54) is 11.3 Å². The lowest BCUT2D eigenvalue weighted by molar-refractivity contribution is 0.905. The highest BCUT2D eigenvalue weighted by molar-refractivity contribution is 9.10. The van der Waals surface area contributed by atoms with Crippen LogP contribution >= 0.6 is 27.7 Å². The van der Waals surface area contributed by atoms with Crippen LogP contribution in [0, 0.1) is 0 Å². The highest BCUT2D eigenvalue weighted by Crippen LogP contribution is 2.32. The molecule has 0 bridgehead atoms. The minimum atomic E-state index is 0.637. The number of rotatable bonds is 3. The molecule has 0 radical (unpaired) electrons. The summed E-state index contributed by atoms with van der Waals surface area (Å²) in [6, 6.07) is 5.92. The fourth-order valence-electron chi connectivity index (χ4n) is 0.910. The molecule has 1 unspecified atom stereocenters. The molecule has 0 heterocycles. The summed E-state index contributed by atoms with van der Waals surface area (Å²) in [4.78, 5) is 1.23. The molecule has 0 fully saturated rings. The van der Waals surface area contributed by atoms with Crippen LogP contribution in [-0.4, -0.2) is 5.25 Å². The molecular formula is C10H14BrNS. The van der Waals surface area contributed by atoms with Crippen LogP contribution in [0.25, 0.3) is 0 Å². The predicted molar refractivity (Wildman–Crippen MR) is 64.2 cm³/mol. The van der Waals surface area contributed by atoms with Crippen LogP contribution in [0.1, 0.15) is 20.3 Å². The van der Waals surface area contributed by atoms with Crippen molar-refractivity contribution in [3.8, 4) is 0 Å². The van der Waals surface area contributed by atoms with Gasteiger partial charge < -0.3 is 5.73 Å². The summed E-state index contributed by atoms with van der Waals surface area (Å²) in [7, 11) is 0. The zero-order chi connectivity index (χ0) is 9.84. The second-order valence-electron chi connectivity index (χ2n) is 3.03. The summed E-state index contributed by atoms with van der Waals surface area (Å²) in [5.74, 6) is 0. The minimum Gasteiger partial charge on any atom is -0.399 e. The van der Waals surface area contributed by atoms with Gasteiger partial charge in [-0.05, 0) is 40.5 Å². The van der Waals surface area contributed by atoms with Crippen LogP contribution in [0.5, 0.6) is 0 Å². The van der Waals surface area contributed by atoms with Gasteiger partial charge in [-0.15, -0.1) is 11.8 Å². The Kier molecular flexibility index (Phi) is 4.13. The standard InChI is InChI=1S/C10H14BrNS/c1-3-7(2)13-10-6-8(12)4-5-9(10)11/h4-7H,3,12H2,1-2H3. The maximum atomic E-state index is 5.71. The van der Waals surface area contributed by atoms with Crippen LogP contribution < -0.4 is 5.73 Å². The Labute approximate surface area is 92.2 Å². The molecule has 3 heteroatoms. The van der Waals surface area contributed by atoms with Crippen LogP contribution in [0.2, 0.25) is 0 Å². The van der Waals surface area contributed by atoms with Gasteiger partial charge in [0.1, 0.15) is 0 Å². The molecule has 1 nitrogen and oxygen atoms in total. The number of benzene rings is 1. The highest BCUT2D eigenvalue weighted by Gasteiger charge is 2.05. The van der Waals surface area contributed by atoms with E-state index in [2.05, 4.69) is 29.8 Å². The van der Waals surface area contributed by atoms with Gasteiger partial charge in [0.15, 0.2) is 0 Å². The lowest BCUT2D eigenvalue weighted by Crippen LogP contribution is -1.93. The molecule has 0 saturated carbocycles. The Balaban J connectivity index is 2.81. The van der Waals surface area contributed by atoms with Gasteiger partial charge in [0, 0.05) is 20.3 Å². The summed E-state index contributed by atoms with van der Waals surface area (Å²) in [6.45, 7) is 4.41. The first-order valence-electron chi connectivity index (χ1n) is 4.35. The molecule has 0 amide bonds. The summed E-state index contributed by atoms with van der Waals surface area (Å²) >= 11 is 5.37. The maximum Gasteiger partial charge on any atom is 0.0326 e. The van der Waals surface area contributed by atoms with Crippen molar-refractivity contribution in [1.82, 2.24) is 0 Å². The predicted octanol–water partition coefficient (Wildman–Crippen LogP) is 3.92. The van der Waals surface area contributed by atoms with Crippen LogP contribution in [0.3, 0.4) is 0 Å². The van der Waals surface area contributed by atoms with E-state index in [1.807, 2.05) is 30.0 Å². The molecule has 0 saturated heterocycles. The largest absolute Gasteiger partial charge is 0.399 e. The molecule has 72 valence electrons. The van der Waals surface area contributed by atoms with Gasteiger partial charge in [-0.2, -0.15) is 0 Å². The minimum absolute atomic E-state index is 0.637. The molecule has 1 atom stereocenters. The van der Waals surface area contributed by atoms with Gasteiger partial charge in [0.25, 0.3) is 0 Å². The van der Waals surface area contributed by atoms with Crippen molar-refractivity contribution >= 4 is 33.4 Å². The molecule has 13 heavy (non-hydrogen) atoms. The Bertz CT molecular complexity index is 288. The Morgan fingerprint density at radius 1 is 1.54 bits per heavy atom. The average molecular weight is 260 g/mol. The Morgan fingerprint density at radius 3 is 2.85 bits per heavy atom. The van der Waals surface area contributed by atoms with E-state index in [9.17, 15) is 0 Å². The van der Waals surface area contributed by atoms with Crippen LogP contribution in [0.4, 0.5) is 5.69 Å². The molecule has 0 aliphatic heterocycles. The van der Waals surface area contributed by atoms with Gasteiger partial charge in [0.2, 0.25) is 0 Å². The van der Waals surface area contributed by atoms with E-state index in [0.717, 1.165) is 10.2 Å². The lowest BCUT2D eigenvalue weighted by Gasteiger charge is -2.10. The van der Waals surface area contributed by atoms with Crippen LogP contribution in [0.15, 0.2) is 27.6 Å². The van der Waals surface area contributed by atoms with Gasteiger partial charge in [-0.1, -0.05) is 13.8 Å². The zero-order valence-corrected chi connectivity index (χ0v) is 10.3. The van der Waals surface area contributed by atoms with Crippen molar-refractivity contribution in [3.63, 3.8) is 0 Å². The quantitative estimate of drug-likeness (QED) is 0.658. The number of hydrogen-bond acceptors (Lipinski definition) is 2. The second kappa shape index (κ2) is 4.91. The van der Waals surface area contributed by atoms with E-state index in [0.29, 0.717) is 5.25 Å². The van der Waals surface area contributed by atoms with Crippen LogP contribution in [-0.2, 0) is 0 Å². The zero-order valence-electron chi connectivity index (χ0n) is 7.88. The number of nitrogens with two attached hydrogens (primary N) is 1. The summed E-state index contributed by atoms with van der Waals surface area (Å²) in [6.07, 6.45) is 1.17. The van der Waals surface area contributed by atoms with Gasteiger partial charge >= 0.3 is 0 Å². The first-order valence-corrected chi connectivity index (χ1v) is 6.02. The number of hydrogen-bond donors (Lipinski definition) is 1. The van der Waals surface area contributed by atoms with E-state index in [-0.39, 0.29) is 0 Å². The van der Waals surface area contributed by atoms with Gasteiger partial charge in [-0.25, -0.2) is 0 Å². The van der Waals surface area contributed by atoms with Crippen molar-refractivity contribution in [1.29, 1.82) is 0 Å². The molecular weight excluding hydrogens is 246 g/mol. The summed E-state index contributed by atoms with van der Waals surface area (Å²) in [5.41, 5.74) is 6.54. The normalized spacial score (nSPS) is 12.8. The van der Waals surface area contributed by atoms with Crippen molar-refractivity contribution in [3.05, 3.63) is 22.7 Å². The number of halogens is 1. The second-order valence-corrected chi connectivity index (χ2v) is 5.36. The molecule has 2 N–H and O–H groups in total. The SMILES string of the molecule is CCC(C)Sc1cc(N)ccc1Br. The topological polar surface area (TPSA) is 26.0 Å². The molecule has 1 aromatic rings. The number of nitrogen functional groups attached to an aromatic ring is 1. The van der Waals surface area contributed by atoms with E-state index in [1.54, 1.807) is 0 Å². The first kappa shape index (κ1) is 10.9. The number of thioether (sulfide) groups is 1. The van der Waals surface area contributed by atoms with Crippen molar-refractivity contribution in [2.24, 2.45) is 0 Å². The smallest absolute Gasteiger partial charge is 0.0326 e. The Hall–Kier alpha value is -0.150. The average Bonchev–Trinajstić information content (AvgIpc) is 2.11. The molecule has 0 aromatic heterocycles. The monoisotopic (exact) mass is 259 g/mol. The van der Waals surface area contributed by atoms with Gasteiger partial charge in [0.05, 0.1) is 0 Å². The molecule has 1 rings (SSSR count). The summed E-state index contributed by atoms with van der Waals surface area (Å²) in [5, 5.41) is 0.637. The van der Waals surface area contributed by atoms with E-state index >= 15 is 0 Å². The van der Waals surface area contributed by atoms with Crippen molar-refractivity contribution in [2.75, 3.05) is 5.73 Å². The molecule has 0 spiro atoms. The fourth-order valence-corrected chi connectivity index (χ4v) is 2.42. The fraction of sp³-hybridized carbons (Fsp3) is 0.400. The van der Waals surface area contributed by atoms with Gasteiger partial charge in [-0.3, -0.25) is 0 Å². The number of anilines is 1. The van der Waals surface area contributed by atoms with E-state index < -0.39 is 0 Å². The first-order chi connectivity index (χ1) is 6.13.